The molecule has 1 aromatic rings. The van der Waals surface area contributed by atoms with E-state index in [4.69, 9.17) is 10.6 Å². The van der Waals surface area contributed by atoms with Gasteiger partial charge in [0.2, 0.25) is 0 Å². The average molecular weight is 194 g/mol. The molecular weight excluding hydrogens is 180 g/mol. The summed E-state index contributed by atoms with van der Waals surface area (Å²) in [6, 6.07) is -0.0498. The van der Waals surface area contributed by atoms with Crippen molar-refractivity contribution in [2.45, 2.75) is 25.0 Å². The smallest absolute Gasteiger partial charge is 0.0909 e. The first-order chi connectivity index (χ1) is 6.92. The summed E-state index contributed by atoms with van der Waals surface area (Å²) in [4.78, 5) is 8.22. The minimum Gasteiger partial charge on any atom is -0.376 e. The van der Waals surface area contributed by atoms with Crippen LogP contribution in [-0.4, -0.2) is 22.7 Å². The number of ether oxygens (including phenoxy) is 1. The maximum absolute atomic E-state index is 5.55. The highest BCUT2D eigenvalue weighted by atomic mass is 16.5. The van der Waals surface area contributed by atoms with Gasteiger partial charge in [-0.1, -0.05) is 0 Å². The van der Waals surface area contributed by atoms with E-state index in [-0.39, 0.29) is 12.1 Å². The first kappa shape index (κ1) is 9.51. The largest absolute Gasteiger partial charge is 0.376 e. The van der Waals surface area contributed by atoms with Crippen LogP contribution >= 0.6 is 0 Å². The number of nitrogens with zero attached hydrogens (tertiary/aromatic N) is 2. The van der Waals surface area contributed by atoms with Crippen molar-refractivity contribution in [2.24, 2.45) is 5.84 Å². The molecule has 76 valence electrons. The van der Waals surface area contributed by atoms with Crippen molar-refractivity contribution in [1.82, 2.24) is 15.4 Å². The van der Waals surface area contributed by atoms with E-state index < -0.39 is 0 Å². The molecule has 2 heterocycles. The van der Waals surface area contributed by atoms with E-state index in [1.807, 2.05) is 0 Å². The highest BCUT2D eigenvalue weighted by Gasteiger charge is 2.27. The zero-order chi connectivity index (χ0) is 9.80. The number of rotatable bonds is 3. The Labute approximate surface area is 82.7 Å². The number of nitrogens with one attached hydrogen (secondary N) is 1. The molecule has 2 atom stereocenters. The van der Waals surface area contributed by atoms with E-state index in [2.05, 4.69) is 15.4 Å². The first-order valence-electron chi connectivity index (χ1n) is 4.75. The third-order valence-corrected chi connectivity index (χ3v) is 2.42. The van der Waals surface area contributed by atoms with Crippen LogP contribution in [0, 0.1) is 0 Å². The van der Waals surface area contributed by atoms with E-state index >= 15 is 0 Å². The molecule has 1 aliphatic rings. The van der Waals surface area contributed by atoms with Crippen molar-refractivity contribution in [3.63, 3.8) is 0 Å². The Bertz CT molecular complexity index is 273. The number of hydrogen-bond donors (Lipinski definition) is 2. The van der Waals surface area contributed by atoms with E-state index in [1.165, 1.54) is 0 Å². The van der Waals surface area contributed by atoms with Gasteiger partial charge in [-0.05, 0) is 12.8 Å². The van der Waals surface area contributed by atoms with Gasteiger partial charge >= 0.3 is 0 Å². The summed E-state index contributed by atoms with van der Waals surface area (Å²) in [6.07, 6.45) is 7.25. The Morgan fingerprint density at radius 3 is 3.07 bits per heavy atom. The molecule has 0 aromatic carbocycles. The summed E-state index contributed by atoms with van der Waals surface area (Å²) >= 11 is 0. The van der Waals surface area contributed by atoms with Gasteiger partial charge in [-0.2, -0.15) is 0 Å². The van der Waals surface area contributed by atoms with Crippen molar-refractivity contribution < 1.29 is 4.74 Å². The van der Waals surface area contributed by atoms with Crippen LogP contribution in [0.25, 0.3) is 0 Å². The summed E-state index contributed by atoms with van der Waals surface area (Å²) in [6.45, 7) is 0.809. The minimum absolute atomic E-state index is 0.0498. The van der Waals surface area contributed by atoms with Gasteiger partial charge < -0.3 is 4.74 Å². The maximum Gasteiger partial charge on any atom is 0.0909 e. The molecule has 0 spiro atoms. The van der Waals surface area contributed by atoms with Crippen LogP contribution in [0.15, 0.2) is 18.6 Å². The standard InChI is InChI=1S/C9H14N4O/c10-13-9(8-2-1-5-14-8)7-6-11-3-4-12-7/h3-4,6,8-9,13H,1-2,5,10H2. The van der Waals surface area contributed by atoms with Crippen molar-refractivity contribution in [3.05, 3.63) is 24.3 Å². The van der Waals surface area contributed by atoms with E-state index in [1.54, 1.807) is 18.6 Å². The molecular formula is C9H14N4O. The summed E-state index contributed by atoms with van der Waals surface area (Å²) in [7, 11) is 0. The molecule has 0 bridgehead atoms. The quantitative estimate of drug-likeness (QED) is 0.529. The molecule has 0 amide bonds. The van der Waals surface area contributed by atoms with Crippen molar-refractivity contribution in [2.75, 3.05) is 6.61 Å². The zero-order valence-electron chi connectivity index (χ0n) is 7.89. The second-order valence-electron chi connectivity index (χ2n) is 3.33. The molecule has 0 radical (unpaired) electrons. The molecule has 5 nitrogen and oxygen atoms in total. The van der Waals surface area contributed by atoms with Crippen LogP contribution in [-0.2, 0) is 4.74 Å². The predicted molar refractivity (Wildman–Crippen MR) is 51.1 cm³/mol. The van der Waals surface area contributed by atoms with Gasteiger partial charge in [0.05, 0.1) is 24.0 Å². The number of hydrazine groups is 1. The van der Waals surface area contributed by atoms with Gasteiger partial charge in [-0.15, -0.1) is 0 Å². The fourth-order valence-corrected chi connectivity index (χ4v) is 1.72. The maximum atomic E-state index is 5.55. The van der Waals surface area contributed by atoms with Crippen molar-refractivity contribution >= 4 is 0 Å². The van der Waals surface area contributed by atoms with Crippen LogP contribution in [0.2, 0.25) is 0 Å². The summed E-state index contributed by atoms with van der Waals surface area (Å²) in [5.41, 5.74) is 3.57. The summed E-state index contributed by atoms with van der Waals surface area (Å²) in [5.74, 6) is 5.49. The Balaban J connectivity index is 2.12. The van der Waals surface area contributed by atoms with Gasteiger partial charge in [0.1, 0.15) is 0 Å². The zero-order valence-corrected chi connectivity index (χ0v) is 7.89. The molecule has 0 saturated carbocycles. The molecule has 0 aliphatic carbocycles. The lowest BCUT2D eigenvalue weighted by molar-refractivity contribution is 0.0769. The molecule has 5 heteroatoms. The fourth-order valence-electron chi connectivity index (χ4n) is 1.72. The third-order valence-electron chi connectivity index (χ3n) is 2.42. The Hall–Kier alpha value is -1.04. The summed E-state index contributed by atoms with van der Waals surface area (Å²) in [5, 5.41) is 0. The highest BCUT2D eigenvalue weighted by Crippen LogP contribution is 2.24. The van der Waals surface area contributed by atoms with E-state index in [9.17, 15) is 0 Å². The molecule has 3 N–H and O–H groups in total. The molecule has 1 aliphatic heterocycles. The Kier molecular flexibility index (Phi) is 3.03. The van der Waals surface area contributed by atoms with Gasteiger partial charge in [0.25, 0.3) is 0 Å². The lowest BCUT2D eigenvalue weighted by atomic mass is 10.1. The van der Waals surface area contributed by atoms with Crippen LogP contribution in [0.4, 0.5) is 0 Å². The lowest BCUT2D eigenvalue weighted by Gasteiger charge is -2.20. The van der Waals surface area contributed by atoms with Gasteiger partial charge in [-0.25, -0.2) is 5.43 Å². The molecule has 2 unspecified atom stereocenters. The fraction of sp³-hybridized carbons (Fsp3) is 0.556. The monoisotopic (exact) mass is 194 g/mol. The van der Waals surface area contributed by atoms with Gasteiger partial charge in [-0.3, -0.25) is 15.8 Å². The number of nitrogens with two attached hydrogens (primary N) is 1. The second kappa shape index (κ2) is 4.45. The molecule has 14 heavy (non-hydrogen) atoms. The molecule has 2 rings (SSSR count). The van der Waals surface area contributed by atoms with Crippen LogP contribution in [0.1, 0.15) is 24.6 Å². The molecule has 1 aromatic heterocycles. The summed E-state index contributed by atoms with van der Waals surface area (Å²) < 4.78 is 5.55. The van der Waals surface area contributed by atoms with Gasteiger partial charge in [0, 0.05) is 19.0 Å². The SMILES string of the molecule is NNC(c1cnccn1)C1CCCO1. The normalized spacial score (nSPS) is 23.6. The first-order valence-corrected chi connectivity index (χ1v) is 4.75. The van der Waals surface area contributed by atoms with E-state index in [0.717, 1.165) is 25.1 Å². The van der Waals surface area contributed by atoms with Crippen LogP contribution in [0.3, 0.4) is 0 Å². The third kappa shape index (κ3) is 1.89. The number of hydrogen-bond acceptors (Lipinski definition) is 5. The van der Waals surface area contributed by atoms with E-state index in [0.29, 0.717) is 0 Å². The topological polar surface area (TPSA) is 73.1 Å². The molecule has 1 fully saturated rings. The van der Waals surface area contributed by atoms with Crippen molar-refractivity contribution in [3.8, 4) is 0 Å². The Morgan fingerprint density at radius 2 is 2.50 bits per heavy atom. The number of aromatic nitrogens is 2. The van der Waals surface area contributed by atoms with Crippen molar-refractivity contribution in [1.29, 1.82) is 0 Å². The van der Waals surface area contributed by atoms with Crippen LogP contribution < -0.4 is 11.3 Å². The van der Waals surface area contributed by atoms with Crippen LogP contribution in [0.5, 0.6) is 0 Å². The minimum atomic E-state index is -0.0498. The lowest BCUT2D eigenvalue weighted by Crippen LogP contribution is -2.36. The Morgan fingerprint density at radius 1 is 1.57 bits per heavy atom. The van der Waals surface area contributed by atoms with Gasteiger partial charge in [0.15, 0.2) is 0 Å². The second-order valence-corrected chi connectivity index (χ2v) is 3.33. The molecule has 1 saturated heterocycles. The highest BCUT2D eigenvalue weighted by molar-refractivity contribution is 5.05. The average Bonchev–Trinajstić information content (AvgIpc) is 2.74. The predicted octanol–water partition coefficient (Wildman–Crippen LogP) is 0.160.